The molecule has 0 aromatic heterocycles. The van der Waals surface area contributed by atoms with Crippen molar-refractivity contribution in [2.75, 3.05) is 32.1 Å². The van der Waals surface area contributed by atoms with E-state index in [2.05, 4.69) is 4.72 Å². The van der Waals surface area contributed by atoms with Crippen molar-refractivity contribution in [2.45, 2.75) is 68.8 Å². The molecule has 2 atom stereocenters. The van der Waals surface area contributed by atoms with Crippen molar-refractivity contribution in [3.63, 3.8) is 0 Å². The van der Waals surface area contributed by atoms with E-state index >= 15 is 0 Å². The number of carbonyl (C=O) groups is 1. The molecule has 8 heteroatoms. The lowest BCUT2D eigenvalue weighted by Crippen LogP contribution is -2.49. The molecule has 1 unspecified atom stereocenters. The van der Waals surface area contributed by atoms with Crippen LogP contribution in [0.15, 0.2) is 41.3 Å². The molecule has 0 saturated carbocycles. The summed E-state index contributed by atoms with van der Waals surface area (Å²) < 4.78 is 29.9. The quantitative estimate of drug-likeness (QED) is 0.514. The van der Waals surface area contributed by atoms with E-state index in [-0.39, 0.29) is 16.8 Å². The predicted octanol–water partition coefficient (Wildman–Crippen LogP) is 3.47. The van der Waals surface area contributed by atoms with Crippen LogP contribution in [0.1, 0.15) is 51.9 Å². The lowest BCUT2D eigenvalue weighted by atomic mass is 10.0. The zero-order valence-electron chi connectivity index (χ0n) is 20.1. The van der Waals surface area contributed by atoms with Gasteiger partial charge in [-0.05, 0) is 51.2 Å². The number of likely N-dealkylation sites (tertiary alicyclic amines) is 1. The van der Waals surface area contributed by atoms with Crippen LogP contribution in [-0.2, 0) is 14.8 Å². The van der Waals surface area contributed by atoms with Crippen molar-refractivity contribution >= 4 is 32.4 Å². The van der Waals surface area contributed by atoms with Crippen molar-refractivity contribution in [3.8, 4) is 0 Å². The molecule has 1 heterocycles. The van der Waals surface area contributed by atoms with Crippen LogP contribution in [0.4, 0.5) is 5.69 Å². The third-order valence-electron chi connectivity index (χ3n) is 6.30. The molecule has 1 aliphatic heterocycles. The first-order valence-electron chi connectivity index (χ1n) is 12.0. The molecule has 1 saturated heterocycles. The van der Waals surface area contributed by atoms with Gasteiger partial charge in [0.1, 0.15) is 6.04 Å². The van der Waals surface area contributed by atoms with Crippen molar-refractivity contribution in [1.82, 2.24) is 9.62 Å². The molecule has 1 fully saturated rings. The number of piperidine rings is 1. The Morgan fingerprint density at radius 1 is 1.03 bits per heavy atom. The summed E-state index contributed by atoms with van der Waals surface area (Å²) in [5.74, 6) is -0.117. The molecule has 2 aromatic carbocycles. The lowest BCUT2D eigenvalue weighted by molar-refractivity contribution is -0.134. The van der Waals surface area contributed by atoms with Crippen LogP contribution >= 0.6 is 0 Å². The second-order valence-corrected chi connectivity index (χ2v) is 11.0. The van der Waals surface area contributed by atoms with E-state index in [1.54, 1.807) is 12.1 Å². The summed E-state index contributed by atoms with van der Waals surface area (Å²) in [6, 6.07) is 10.3. The molecule has 1 amide bonds. The maximum absolute atomic E-state index is 13.6. The highest BCUT2D eigenvalue weighted by Gasteiger charge is 2.30. The topological polar surface area (TPSA) is 95.7 Å². The minimum atomic E-state index is -3.91. The van der Waals surface area contributed by atoms with Crippen LogP contribution in [0.5, 0.6) is 0 Å². The van der Waals surface area contributed by atoms with Gasteiger partial charge in [-0.1, -0.05) is 37.1 Å². The number of anilines is 1. The van der Waals surface area contributed by atoms with E-state index in [0.717, 1.165) is 49.6 Å². The molecule has 0 spiro atoms. The number of hydrogen-bond acceptors (Lipinski definition) is 5. The number of benzene rings is 2. The normalized spacial score (nSPS) is 16.5. The van der Waals surface area contributed by atoms with Gasteiger partial charge in [-0.25, -0.2) is 8.42 Å². The fourth-order valence-electron chi connectivity index (χ4n) is 4.52. The Kier molecular flexibility index (Phi) is 8.73. The second-order valence-electron chi connectivity index (χ2n) is 9.34. The van der Waals surface area contributed by atoms with Crippen LogP contribution < -0.4 is 15.4 Å². The second kappa shape index (κ2) is 11.3. The molecule has 182 valence electrons. The van der Waals surface area contributed by atoms with Gasteiger partial charge in [0.2, 0.25) is 15.9 Å². The van der Waals surface area contributed by atoms with E-state index in [1.165, 1.54) is 0 Å². The Labute approximate surface area is 198 Å². The number of unbranched alkanes of at least 4 members (excludes halogenated alkanes) is 1. The van der Waals surface area contributed by atoms with Crippen molar-refractivity contribution in [3.05, 3.63) is 36.4 Å². The first-order chi connectivity index (χ1) is 15.7. The molecular weight excluding hydrogens is 436 g/mol. The standard InChI is InChI=1S/C25H38N4O3S/c1-19(26)11-5-6-14-22(25(30)29-17-7-4-8-18-29)27-33(31,32)24-16-10-12-20-21(24)13-9-15-23(20)28(2)3/h9-10,12-13,15-16,19,22,27H,4-8,11,14,17-18,26H2,1-3H3/t19?,22-/m0/s1. The number of hydrogen-bond donors (Lipinski definition) is 2. The van der Waals surface area contributed by atoms with Gasteiger partial charge in [-0.2, -0.15) is 4.72 Å². The highest BCUT2D eigenvalue weighted by Crippen LogP contribution is 2.30. The largest absolute Gasteiger partial charge is 0.377 e. The van der Waals surface area contributed by atoms with E-state index in [0.29, 0.717) is 24.9 Å². The zero-order valence-corrected chi connectivity index (χ0v) is 20.9. The Morgan fingerprint density at radius 3 is 2.33 bits per heavy atom. The molecular formula is C25H38N4O3S. The number of nitrogens with zero attached hydrogens (tertiary/aromatic N) is 2. The Morgan fingerprint density at radius 2 is 1.67 bits per heavy atom. The molecule has 7 nitrogen and oxygen atoms in total. The smallest absolute Gasteiger partial charge is 0.241 e. The van der Waals surface area contributed by atoms with Gasteiger partial charge in [-0.3, -0.25) is 4.79 Å². The minimum absolute atomic E-state index is 0.0968. The van der Waals surface area contributed by atoms with Gasteiger partial charge in [-0.15, -0.1) is 0 Å². The molecule has 0 aliphatic carbocycles. The van der Waals surface area contributed by atoms with Crippen LogP contribution in [0.3, 0.4) is 0 Å². The lowest BCUT2D eigenvalue weighted by Gasteiger charge is -2.31. The van der Waals surface area contributed by atoms with Crippen LogP contribution in [0.25, 0.3) is 10.8 Å². The van der Waals surface area contributed by atoms with Crippen LogP contribution in [0.2, 0.25) is 0 Å². The summed E-state index contributed by atoms with van der Waals surface area (Å²) in [6.07, 6.45) is 5.97. The summed E-state index contributed by atoms with van der Waals surface area (Å²) in [6.45, 7) is 3.34. The van der Waals surface area contributed by atoms with Gasteiger partial charge in [0, 0.05) is 49.7 Å². The molecule has 33 heavy (non-hydrogen) atoms. The van der Waals surface area contributed by atoms with Gasteiger partial charge in [0.05, 0.1) is 4.90 Å². The molecule has 1 aliphatic rings. The molecule has 0 radical (unpaired) electrons. The van der Waals surface area contributed by atoms with Crippen molar-refractivity contribution < 1.29 is 13.2 Å². The molecule has 3 N–H and O–H groups in total. The van der Waals surface area contributed by atoms with E-state index in [4.69, 9.17) is 5.73 Å². The van der Waals surface area contributed by atoms with Gasteiger partial charge < -0.3 is 15.5 Å². The van der Waals surface area contributed by atoms with Gasteiger partial charge in [0.15, 0.2) is 0 Å². The summed E-state index contributed by atoms with van der Waals surface area (Å²) in [7, 11) is -0.0379. The Bertz CT molecular complexity index is 1050. The summed E-state index contributed by atoms with van der Waals surface area (Å²) in [5.41, 5.74) is 6.81. The number of amides is 1. The average molecular weight is 475 g/mol. The number of carbonyl (C=O) groups excluding carboxylic acids is 1. The van der Waals surface area contributed by atoms with E-state index in [1.807, 2.05) is 55.1 Å². The fourth-order valence-corrected chi connectivity index (χ4v) is 5.97. The summed E-state index contributed by atoms with van der Waals surface area (Å²) >= 11 is 0. The molecule has 3 rings (SSSR count). The SMILES string of the molecule is CC(N)CCCC[C@H](NS(=O)(=O)c1cccc2c(N(C)C)cccc12)C(=O)N1CCCCC1. The third kappa shape index (κ3) is 6.46. The minimum Gasteiger partial charge on any atom is -0.377 e. The fraction of sp³-hybridized carbons (Fsp3) is 0.560. The number of rotatable bonds is 10. The Balaban J connectivity index is 1.89. The van der Waals surface area contributed by atoms with Gasteiger partial charge >= 0.3 is 0 Å². The van der Waals surface area contributed by atoms with Crippen molar-refractivity contribution in [1.29, 1.82) is 0 Å². The predicted molar refractivity (Wildman–Crippen MR) is 135 cm³/mol. The molecule has 0 bridgehead atoms. The monoisotopic (exact) mass is 474 g/mol. The van der Waals surface area contributed by atoms with Crippen LogP contribution in [-0.4, -0.2) is 58.5 Å². The number of nitrogens with one attached hydrogen (secondary N) is 1. The van der Waals surface area contributed by atoms with Crippen LogP contribution in [0, 0.1) is 0 Å². The number of sulfonamides is 1. The maximum atomic E-state index is 13.6. The zero-order chi connectivity index (χ0) is 24.0. The molecule has 2 aromatic rings. The summed E-state index contributed by atoms with van der Waals surface area (Å²) in [4.78, 5) is 17.3. The van der Waals surface area contributed by atoms with E-state index in [9.17, 15) is 13.2 Å². The summed E-state index contributed by atoms with van der Waals surface area (Å²) in [5, 5.41) is 1.51. The maximum Gasteiger partial charge on any atom is 0.241 e. The Hall–Kier alpha value is -2.16. The third-order valence-corrected chi connectivity index (χ3v) is 7.83. The number of fused-ring (bicyclic) bond motifs is 1. The van der Waals surface area contributed by atoms with E-state index < -0.39 is 16.1 Å². The first kappa shape index (κ1) is 25.5. The van der Waals surface area contributed by atoms with Crippen molar-refractivity contribution in [2.24, 2.45) is 5.73 Å². The first-order valence-corrected chi connectivity index (χ1v) is 13.4. The average Bonchev–Trinajstić information content (AvgIpc) is 2.80. The van der Waals surface area contributed by atoms with Gasteiger partial charge in [0.25, 0.3) is 0 Å². The highest BCUT2D eigenvalue weighted by atomic mass is 32.2. The number of nitrogens with two attached hydrogens (primary N) is 1. The highest BCUT2D eigenvalue weighted by molar-refractivity contribution is 7.89.